The van der Waals surface area contributed by atoms with Gasteiger partial charge in [-0.25, -0.2) is 13.1 Å². The van der Waals surface area contributed by atoms with Crippen molar-refractivity contribution in [3.05, 3.63) is 18.2 Å². The van der Waals surface area contributed by atoms with E-state index in [9.17, 15) is 8.42 Å². The molecule has 19 heavy (non-hydrogen) atoms. The van der Waals surface area contributed by atoms with Crippen molar-refractivity contribution in [1.29, 1.82) is 0 Å². The van der Waals surface area contributed by atoms with Crippen LogP contribution < -0.4 is 14.2 Å². The molecule has 1 aliphatic heterocycles. The van der Waals surface area contributed by atoms with Gasteiger partial charge < -0.3 is 14.6 Å². The van der Waals surface area contributed by atoms with E-state index in [0.717, 1.165) is 0 Å². The zero-order chi connectivity index (χ0) is 13.7. The quantitative estimate of drug-likeness (QED) is 0.745. The van der Waals surface area contributed by atoms with E-state index in [1.165, 1.54) is 12.1 Å². The molecule has 0 amide bonds. The molecule has 6 nitrogen and oxygen atoms in total. The molecule has 1 aliphatic rings. The van der Waals surface area contributed by atoms with E-state index in [0.29, 0.717) is 44.1 Å². The Bertz CT molecular complexity index is 529. The van der Waals surface area contributed by atoms with Crippen molar-refractivity contribution in [2.24, 2.45) is 0 Å². The Morgan fingerprint density at radius 1 is 1.16 bits per heavy atom. The summed E-state index contributed by atoms with van der Waals surface area (Å²) in [6, 6.07) is 4.54. The zero-order valence-corrected chi connectivity index (χ0v) is 11.3. The number of rotatable bonds is 6. The van der Waals surface area contributed by atoms with E-state index >= 15 is 0 Å². The largest absolute Gasteiger partial charge is 0.486 e. The summed E-state index contributed by atoms with van der Waals surface area (Å²) in [4.78, 5) is 0.153. The third-order valence-corrected chi connectivity index (χ3v) is 4.16. The molecule has 1 aromatic carbocycles. The molecule has 1 aromatic rings. The van der Waals surface area contributed by atoms with Crippen molar-refractivity contribution in [3.8, 4) is 11.5 Å². The van der Waals surface area contributed by atoms with Crippen molar-refractivity contribution >= 4 is 10.0 Å². The normalized spacial score (nSPS) is 14.4. The van der Waals surface area contributed by atoms with Gasteiger partial charge in [0.05, 0.1) is 4.90 Å². The Kier molecular flexibility index (Phi) is 4.62. The summed E-state index contributed by atoms with van der Waals surface area (Å²) in [5.74, 6) is 1.01. The van der Waals surface area contributed by atoms with Gasteiger partial charge in [0.2, 0.25) is 10.0 Å². The Hall–Kier alpha value is -1.31. The van der Waals surface area contributed by atoms with Crippen LogP contribution in [-0.4, -0.2) is 39.9 Å². The zero-order valence-electron chi connectivity index (χ0n) is 10.5. The van der Waals surface area contributed by atoms with Gasteiger partial charge in [-0.15, -0.1) is 0 Å². The van der Waals surface area contributed by atoms with Gasteiger partial charge in [-0.2, -0.15) is 0 Å². The van der Waals surface area contributed by atoms with Gasteiger partial charge in [-0.1, -0.05) is 0 Å². The van der Waals surface area contributed by atoms with E-state index in [-0.39, 0.29) is 11.5 Å². The summed E-state index contributed by atoms with van der Waals surface area (Å²) >= 11 is 0. The maximum absolute atomic E-state index is 12.0. The maximum Gasteiger partial charge on any atom is 0.240 e. The number of hydrogen-bond acceptors (Lipinski definition) is 5. The summed E-state index contributed by atoms with van der Waals surface area (Å²) in [7, 11) is -3.54. The van der Waals surface area contributed by atoms with Gasteiger partial charge in [0.15, 0.2) is 11.5 Å². The molecule has 0 saturated heterocycles. The van der Waals surface area contributed by atoms with Crippen LogP contribution >= 0.6 is 0 Å². The third-order valence-electron chi connectivity index (χ3n) is 2.70. The summed E-state index contributed by atoms with van der Waals surface area (Å²) in [5, 5.41) is 8.64. The third kappa shape index (κ3) is 3.59. The lowest BCUT2D eigenvalue weighted by Crippen LogP contribution is -2.25. The average Bonchev–Trinajstić information content (AvgIpc) is 2.43. The van der Waals surface area contributed by atoms with Crippen LogP contribution in [0.4, 0.5) is 0 Å². The number of hydrogen-bond donors (Lipinski definition) is 2. The molecule has 0 bridgehead atoms. The van der Waals surface area contributed by atoms with Crippen LogP contribution in [0, 0.1) is 0 Å². The van der Waals surface area contributed by atoms with Crippen LogP contribution in [0.25, 0.3) is 0 Å². The lowest BCUT2D eigenvalue weighted by molar-refractivity contribution is 0.171. The van der Waals surface area contributed by atoms with Crippen LogP contribution in [-0.2, 0) is 10.0 Å². The van der Waals surface area contributed by atoms with E-state index < -0.39 is 10.0 Å². The van der Waals surface area contributed by atoms with Crippen molar-refractivity contribution < 1.29 is 23.0 Å². The van der Waals surface area contributed by atoms with E-state index in [1.54, 1.807) is 6.07 Å². The predicted octanol–water partition coefficient (Wildman–Crippen LogP) is 0.509. The monoisotopic (exact) mass is 287 g/mol. The second kappa shape index (κ2) is 6.23. The highest BCUT2D eigenvalue weighted by atomic mass is 32.2. The summed E-state index contributed by atoms with van der Waals surface area (Å²) < 4.78 is 37.2. The molecule has 0 atom stereocenters. The fourth-order valence-corrected chi connectivity index (χ4v) is 2.81. The minimum absolute atomic E-state index is 0.0613. The molecule has 0 fully saturated rings. The number of fused-ring (bicyclic) bond motifs is 1. The first-order chi connectivity index (χ1) is 9.13. The van der Waals surface area contributed by atoms with Crippen LogP contribution in [0.15, 0.2) is 23.1 Å². The molecule has 2 N–H and O–H groups in total. The number of benzene rings is 1. The Morgan fingerprint density at radius 2 is 1.89 bits per heavy atom. The minimum atomic E-state index is -3.54. The molecular formula is C12H17NO5S. The van der Waals surface area contributed by atoms with E-state index in [1.807, 2.05) is 0 Å². The maximum atomic E-state index is 12.0. The molecular weight excluding hydrogens is 270 g/mol. The van der Waals surface area contributed by atoms with Crippen LogP contribution in [0.1, 0.15) is 12.8 Å². The fraction of sp³-hybridized carbons (Fsp3) is 0.500. The lowest BCUT2D eigenvalue weighted by atomic mass is 10.3. The van der Waals surface area contributed by atoms with Gasteiger partial charge in [-0.3, -0.25) is 0 Å². The molecule has 7 heteroatoms. The Morgan fingerprint density at radius 3 is 2.63 bits per heavy atom. The smallest absolute Gasteiger partial charge is 0.240 e. The standard InChI is InChI=1S/C12H17NO5S/c14-6-2-1-5-13-19(15,16)10-3-4-11-12(9-10)18-8-7-17-11/h3-4,9,13-14H,1-2,5-8H2. The highest BCUT2D eigenvalue weighted by molar-refractivity contribution is 7.89. The van der Waals surface area contributed by atoms with E-state index in [4.69, 9.17) is 14.6 Å². The SMILES string of the molecule is O=S(=O)(NCCCCO)c1ccc2c(c1)OCCO2. The number of ether oxygens (including phenoxy) is 2. The number of aliphatic hydroxyl groups is 1. The van der Waals surface area contributed by atoms with Crippen LogP contribution in [0.3, 0.4) is 0 Å². The number of aliphatic hydroxyl groups excluding tert-OH is 1. The number of nitrogens with one attached hydrogen (secondary N) is 1. The number of sulfonamides is 1. The predicted molar refractivity (Wildman–Crippen MR) is 68.9 cm³/mol. The molecule has 0 spiro atoms. The Labute approximate surface area is 112 Å². The molecule has 0 radical (unpaired) electrons. The molecule has 0 aromatic heterocycles. The fourth-order valence-electron chi connectivity index (χ4n) is 1.72. The minimum Gasteiger partial charge on any atom is -0.486 e. The first-order valence-electron chi connectivity index (χ1n) is 6.13. The highest BCUT2D eigenvalue weighted by Gasteiger charge is 2.18. The Balaban J connectivity index is 2.07. The van der Waals surface area contributed by atoms with Crippen LogP contribution in [0.5, 0.6) is 11.5 Å². The van der Waals surface area contributed by atoms with Crippen molar-refractivity contribution in [2.45, 2.75) is 17.7 Å². The molecule has 1 heterocycles. The van der Waals surface area contributed by atoms with Crippen molar-refractivity contribution in [2.75, 3.05) is 26.4 Å². The summed E-state index contributed by atoms with van der Waals surface area (Å²) in [5.41, 5.74) is 0. The molecule has 106 valence electrons. The second-order valence-corrected chi connectivity index (χ2v) is 5.90. The average molecular weight is 287 g/mol. The van der Waals surface area contributed by atoms with Gasteiger partial charge in [0.25, 0.3) is 0 Å². The van der Waals surface area contributed by atoms with Crippen molar-refractivity contribution in [1.82, 2.24) is 4.72 Å². The van der Waals surface area contributed by atoms with Gasteiger partial charge in [-0.05, 0) is 25.0 Å². The summed E-state index contributed by atoms with van der Waals surface area (Å²) in [6.45, 7) is 1.25. The van der Waals surface area contributed by atoms with E-state index in [2.05, 4.69) is 4.72 Å². The topological polar surface area (TPSA) is 84.9 Å². The van der Waals surface area contributed by atoms with Gasteiger partial charge in [0, 0.05) is 19.2 Å². The summed E-state index contributed by atoms with van der Waals surface area (Å²) in [6.07, 6.45) is 1.17. The molecule has 0 unspecified atom stereocenters. The number of unbranched alkanes of at least 4 members (excludes halogenated alkanes) is 1. The van der Waals surface area contributed by atoms with Gasteiger partial charge >= 0.3 is 0 Å². The molecule has 0 aliphatic carbocycles. The first kappa shape index (κ1) is 14.1. The van der Waals surface area contributed by atoms with Gasteiger partial charge in [0.1, 0.15) is 13.2 Å². The second-order valence-electron chi connectivity index (χ2n) is 4.13. The first-order valence-corrected chi connectivity index (χ1v) is 7.62. The highest BCUT2D eigenvalue weighted by Crippen LogP contribution is 2.32. The molecule has 0 saturated carbocycles. The van der Waals surface area contributed by atoms with Crippen molar-refractivity contribution in [3.63, 3.8) is 0 Å². The van der Waals surface area contributed by atoms with Crippen LogP contribution in [0.2, 0.25) is 0 Å². The lowest BCUT2D eigenvalue weighted by Gasteiger charge is -2.18. The molecule has 2 rings (SSSR count).